The van der Waals surface area contributed by atoms with Crippen LogP contribution in [0.4, 0.5) is 0 Å². The van der Waals surface area contributed by atoms with Gasteiger partial charge in [0.15, 0.2) is 17.3 Å². The van der Waals surface area contributed by atoms with Crippen molar-refractivity contribution in [1.29, 1.82) is 0 Å². The van der Waals surface area contributed by atoms with Gasteiger partial charge >= 0.3 is 5.97 Å². The summed E-state index contributed by atoms with van der Waals surface area (Å²) in [5.74, 6) is -2.38. The van der Waals surface area contributed by atoms with Gasteiger partial charge in [0.2, 0.25) is 0 Å². The zero-order valence-corrected chi connectivity index (χ0v) is 13.0. The van der Waals surface area contributed by atoms with Gasteiger partial charge in [-0.25, -0.2) is 0 Å². The highest BCUT2D eigenvalue weighted by atomic mass is 16.4. The van der Waals surface area contributed by atoms with Crippen LogP contribution in [-0.4, -0.2) is 32.3 Å². The standard InChI is InChI=1S/C17H19NO5/c1-10-4-5-11-15(22)14(12(19)6-7-13(20)21)16(23)17(18(10)11)8-2-3-9-17/h4-5,22H,2-3,6-9H2,1H3,(H,20,21). The quantitative estimate of drug-likeness (QED) is 0.831. The molecule has 2 heterocycles. The lowest BCUT2D eigenvalue weighted by molar-refractivity contribution is -0.138. The Labute approximate surface area is 133 Å². The summed E-state index contributed by atoms with van der Waals surface area (Å²) in [5.41, 5.74) is 0.323. The van der Waals surface area contributed by atoms with E-state index in [9.17, 15) is 19.5 Å². The maximum absolute atomic E-state index is 13.1. The highest BCUT2D eigenvalue weighted by Gasteiger charge is 2.50. The molecule has 1 saturated carbocycles. The van der Waals surface area contributed by atoms with Gasteiger partial charge in [-0.2, -0.15) is 0 Å². The number of carbonyl (C=O) groups is 3. The largest absolute Gasteiger partial charge is 0.505 e. The molecular weight excluding hydrogens is 298 g/mol. The van der Waals surface area contributed by atoms with Crippen LogP contribution in [0.25, 0.3) is 5.76 Å². The minimum Gasteiger partial charge on any atom is -0.505 e. The van der Waals surface area contributed by atoms with Gasteiger partial charge in [-0.05, 0) is 31.9 Å². The molecule has 0 bridgehead atoms. The van der Waals surface area contributed by atoms with Gasteiger partial charge in [-0.3, -0.25) is 14.4 Å². The molecule has 1 fully saturated rings. The molecule has 1 aromatic rings. The molecule has 0 unspecified atom stereocenters. The molecule has 1 spiro atoms. The Hall–Kier alpha value is -2.37. The molecular formula is C17H19NO5. The van der Waals surface area contributed by atoms with Crippen LogP contribution in [-0.2, 0) is 19.9 Å². The minimum absolute atomic E-state index is 0.223. The molecule has 0 aromatic carbocycles. The molecule has 2 aliphatic rings. The number of allylic oxidation sites excluding steroid dienone is 1. The van der Waals surface area contributed by atoms with E-state index in [4.69, 9.17) is 5.11 Å². The van der Waals surface area contributed by atoms with Crippen molar-refractivity contribution in [3.63, 3.8) is 0 Å². The highest BCUT2D eigenvalue weighted by molar-refractivity contribution is 6.27. The Morgan fingerprint density at radius 2 is 1.87 bits per heavy atom. The smallest absolute Gasteiger partial charge is 0.303 e. The van der Waals surface area contributed by atoms with E-state index in [-0.39, 0.29) is 30.0 Å². The van der Waals surface area contributed by atoms with Crippen LogP contribution in [0.15, 0.2) is 17.7 Å². The number of aliphatic hydroxyl groups excluding tert-OH is 1. The lowest BCUT2D eigenvalue weighted by Crippen LogP contribution is -2.46. The van der Waals surface area contributed by atoms with Crippen LogP contribution < -0.4 is 0 Å². The number of nitrogens with zero attached hydrogens (tertiary/aromatic N) is 1. The minimum atomic E-state index is -1.10. The SMILES string of the molecule is Cc1ccc2n1C1(CCCC1)C(=O)C(C(=O)CCC(=O)O)=C2O. The van der Waals surface area contributed by atoms with Crippen LogP contribution in [0.3, 0.4) is 0 Å². The molecule has 1 aliphatic carbocycles. The molecule has 6 heteroatoms. The number of carbonyl (C=O) groups excluding carboxylic acids is 2. The summed E-state index contributed by atoms with van der Waals surface area (Å²) in [6, 6.07) is 3.53. The van der Waals surface area contributed by atoms with Crippen LogP contribution >= 0.6 is 0 Å². The molecule has 23 heavy (non-hydrogen) atoms. The molecule has 122 valence electrons. The maximum atomic E-state index is 13.1. The zero-order chi connectivity index (χ0) is 16.8. The zero-order valence-electron chi connectivity index (χ0n) is 13.0. The second-order valence-electron chi connectivity index (χ2n) is 6.30. The highest BCUT2D eigenvalue weighted by Crippen LogP contribution is 2.46. The van der Waals surface area contributed by atoms with E-state index in [0.717, 1.165) is 18.5 Å². The van der Waals surface area contributed by atoms with Crippen molar-refractivity contribution < 1.29 is 24.6 Å². The number of fused-ring (bicyclic) bond motifs is 2. The van der Waals surface area contributed by atoms with Crippen molar-refractivity contribution in [2.75, 3.05) is 0 Å². The molecule has 1 aliphatic heterocycles. The second kappa shape index (κ2) is 5.37. The molecule has 0 amide bonds. The Morgan fingerprint density at radius 1 is 1.22 bits per heavy atom. The summed E-state index contributed by atoms with van der Waals surface area (Å²) < 4.78 is 1.85. The number of aliphatic carboxylic acids is 1. The van der Waals surface area contributed by atoms with E-state index in [1.807, 2.05) is 17.6 Å². The van der Waals surface area contributed by atoms with Crippen LogP contribution in [0.5, 0.6) is 0 Å². The first-order valence-electron chi connectivity index (χ1n) is 7.81. The summed E-state index contributed by atoms with van der Waals surface area (Å²) >= 11 is 0. The number of carboxylic acid groups (broad SMARTS) is 1. The lowest BCUT2D eigenvalue weighted by atomic mass is 9.81. The lowest BCUT2D eigenvalue weighted by Gasteiger charge is -2.37. The van der Waals surface area contributed by atoms with Crippen LogP contribution in [0.1, 0.15) is 49.9 Å². The number of ketones is 2. The van der Waals surface area contributed by atoms with Crippen molar-refractivity contribution >= 4 is 23.3 Å². The Kier molecular flexibility index (Phi) is 3.62. The molecule has 0 radical (unpaired) electrons. The van der Waals surface area contributed by atoms with Gasteiger partial charge in [-0.1, -0.05) is 12.8 Å². The van der Waals surface area contributed by atoms with Gasteiger partial charge in [0.05, 0.1) is 12.1 Å². The predicted molar refractivity (Wildman–Crippen MR) is 82.0 cm³/mol. The number of aryl methyl sites for hydroxylation is 1. The first kappa shape index (κ1) is 15.5. The molecule has 3 rings (SSSR count). The number of rotatable bonds is 4. The van der Waals surface area contributed by atoms with E-state index >= 15 is 0 Å². The molecule has 2 N–H and O–H groups in total. The number of Topliss-reactive ketones (excluding diaryl/α,β-unsaturated/α-hetero) is 2. The Balaban J connectivity index is 2.11. The van der Waals surface area contributed by atoms with Gasteiger partial charge < -0.3 is 14.8 Å². The summed E-state index contributed by atoms with van der Waals surface area (Å²) in [6.07, 6.45) is 2.42. The fourth-order valence-corrected chi connectivity index (χ4v) is 3.88. The van der Waals surface area contributed by atoms with Gasteiger partial charge in [-0.15, -0.1) is 0 Å². The fraction of sp³-hybridized carbons (Fsp3) is 0.471. The predicted octanol–water partition coefficient (Wildman–Crippen LogP) is 2.35. The fourth-order valence-electron chi connectivity index (χ4n) is 3.88. The number of aromatic nitrogens is 1. The van der Waals surface area contributed by atoms with Crippen LogP contribution in [0.2, 0.25) is 0 Å². The van der Waals surface area contributed by atoms with Crippen molar-refractivity contribution in [1.82, 2.24) is 4.57 Å². The van der Waals surface area contributed by atoms with Crippen molar-refractivity contribution in [2.45, 2.75) is 51.0 Å². The van der Waals surface area contributed by atoms with Crippen LogP contribution in [0, 0.1) is 6.92 Å². The summed E-state index contributed by atoms with van der Waals surface area (Å²) in [4.78, 5) is 36.1. The average molecular weight is 317 g/mol. The van der Waals surface area contributed by atoms with Crippen molar-refractivity contribution in [2.24, 2.45) is 0 Å². The summed E-state index contributed by atoms with van der Waals surface area (Å²) in [5, 5.41) is 19.2. The third-order valence-electron chi connectivity index (χ3n) is 4.91. The molecule has 0 atom stereocenters. The molecule has 6 nitrogen and oxygen atoms in total. The molecule has 0 saturated heterocycles. The second-order valence-corrected chi connectivity index (χ2v) is 6.30. The summed E-state index contributed by atoms with van der Waals surface area (Å²) in [7, 11) is 0. The van der Waals surface area contributed by atoms with Crippen molar-refractivity contribution in [3.05, 3.63) is 29.1 Å². The van der Waals surface area contributed by atoms with Crippen molar-refractivity contribution in [3.8, 4) is 0 Å². The molecule has 1 aromatic heterocycles. The Morgan fingerprint density at radius 3 is 2.48 bits per heavy atom. The van der Waals surface area contributed by atoms with Gasteiger partial charge in [0, 0.05) is 12.1 Å². The first-order valence-corrected chi connectivity index (χ1v) is 7.81. The first-order chi connectivity index (χ1) is 10.9. The van der Waals surface area contributed by atoms with E-state index in [1.54, 1.807) is 6.07 Å². The summed E-state index contributed by atoms with van der Waals surface area (Å²) in [6.45, 7) is 1.88. The van der Waals surface area contributed by atoms with E-state index in [0.29, 0.717) is 18.5 Å². The third kappa shape index (κ3) is 2.20. The number of carboxylic acids is 1. The topological polar surface area (TPSA) is 96.6 Å². The third-order valence-corrected chi connectivity index (χ3v) is 4.91. The van der Waals surface area contributed by atoms with Gasteiger partial charge in [0.1, 0.15) is 11.1 Å². The van der Waals surface area contributed by atoms with E-state index in [1.165, 1.54) is 0 Å². The van der Waals surface area contributed by atoms with E-state index < -0.39 is 17.3 Å². The maximum Gasteiger partial charge on any atom is 0.303 e. The number of hydrogen-bond acceptors (Lipinski definition) is 4. The average Bonchev–Trinajstić information content (AvgIpc) is 3.11. The number of hydrogen-bond donors (Lipinski definition) is 2. The normalized spacial score (nSPS) is 19.3. The monoisotopic (exact) mass is 317 g/mol. The van der Waals surface area contributed by atoms with Gasteiger partial charge in [0.25, 0.3) is 0 Å². The Bertz CT molecular complexity index is 734. The van der Waals surface area contributed by atoms with E-state index in [2.05, 4.69) is 0 Å². The number of aliphatic hydroxyl groups is 1.